The Kier molecular flexibility index (Phi) is 4.58. The fraction of sp³-hybridized carbons (Fsp3) is 0.250. The minimum absolute atomic E-state index is 0.0131. The van der Waals surface area contributed by atoms with Crippen LogP contribution in [0.3, 0.4) is 0 Å². The molecule has 1 atom stereocenters. The van der Waals surface area contributed by atoms with E-state index in [9.17, 15) is 4.39 Å². The third-order valence-corrected chi connectivity index (χ3v) is 3.17. The van der Waals surface area contributed by atoms with Gasteiger partial charge < -0.3 is 15.2 Å². The second-order valence-electron chi connectivity index (χ2n) is 4.61. The van der Waals surface area contributed by atoms with Crippen molar-refractivity contribution >= 4 is 5.69 Å². The van der Waals surface area contributed by atoms with Gasteiger partial charge in [-0.25, -0.2) is 4.39 Å². The molecule has 106 valence electrons. The fourth-order valence-electron chi connectivity index (χ4n) is 2.07. The second kappa shape index (κ2) is 6.39. The Morgan fingerprint density at radius 2 is 2.05 bits per heavy atom. The smallest absolute Gasteiger partial charge is 0.132 e. The molecule has 2 N–H and O–H groups in total. The van der Waals surface area contributed by atoms with E-state index >= 15 is 0 Å². The van der Waals surface area contributed by atoms with Gasteiger partial charge in [-0.15, -0.1) is 0 Å². The van der Waals surface area contributed by atoms with Gasteiger partial charge in [0, 0.05) is 17.3 Å². The summed E-state index contributed by atoms with van der Waals surface area (Å²) in [7, 11) is 1.51. The van der Waals surface area contributed by atoms with Crippen molar-refractivity contribution in [2.75, 3.05) is 12.4 Å². The van der Waals surface area contributed by atoms with Crippen LogP contribution in [0.15, 0.2) is 42.5 Å². The summed E-state index contributed by atoms with van der Waals surface area (Å²) in [4.78, 5) is 0. The van der Waals surface area contributed by atoms with E-state index in [0.29, 0.717) is 11.3 Å². The monoisotopic (exact) mass is 275 g/mol. The largest absolute Gasteiger partial charge is 0.497 e. The molecule has 4 heteroatoms. The lowest BCUT2D eigenvalue weighted by molar-refractivity contribution is 0.282. The average molecular weight is 275 g/mol. The van der Waals surface area contributed by atoms with E-state index in [1.807, 2.05) is 31.2 Å². The maximum Gasteiger partial charge on any atom is 0.132 e. The van der Waals surface area contributed by atoms with Crippen molar-refractivity contribution in [1.29, 1.82) is 0 Å². The van der Waals surface area contributed by atoms with Crippen LogP contribution in [0.1, 0.15) is 24.1 Å². The van der Waals surface area contributed by atoms with Crippen molar-refractivity contribution in [2.24, 2.45) is 0 Å². The molecule has 1 unspecified atom stereocenters. The zero-order valence-electron chi connectivity index (χ0n) is 11.6. The predicted molar refractivity (Wildman–Crippen MR) is 77.4 cm³/mol. The molecule has 0 saturated heterocycles. The SMILES string of the molecule is COc1ccc(C(C)Nc2cccc(CO)c2)c(F)c1. The van der Waals surface area contributed by atoms with Gasteiger partial charge in [0.2, 0.25) is 0 Å². The van der Waals surface area contributed by atoms with E-state index in [4.69, 9.17) is 9.84 Å². The molecule has 2 aromatic rings. The molecule has 2 rings (SSSR count). The molecule has 0 saturated carbocycles. The van der Waals surface area contributed by atoms with Crippen LogP contribution in [0, 0.1) is 5.82 Å². The molecule has 0 aliphatic rings. The number of aliphatic hydroxyl groups excluding tert-OH is 1. The van der Waals surface area contributed by atoms with Gasteiger partial charge in [-0.1, -0.05) is 18.2 Å². The molecular formula is C16H18FNO2. The number of hydrogen-bond acceptors (Lipinski definition) is 3. The van der Waals surface area contributed by atoms with Gasteiger partial charge in [-0.3, -0.25) is 0 Å². The Morgan fingerprint density at radius 3 is 2.70 bits per heavy atom. The number of anilines is 1. The highest BCUT2D eigenvalue weighted by molar-refractivity contribution is 5.48. The highest BCUT2D eigenvalue weighted by Gasteiger charge is 2.11. The van der Waals surface area contributed by atoms with Gasteiger partial charge in [-0.05, 0) is 30.7 Å². The first kappa shape index (κ1) is 14.3. The molecule has 0 bridgehead atoms. The molecule has 3 nitrogen and oxygen atoms in total. The highest BCUT2D eigenvalue weighted by atomic mass is 19.1. The average Bonchev–Trinajstić information content (AvgIpc) is 2.47. The van der Waals surface area contributed by atoms with Crippen LogP contribution in [0.5, 0.6) is 5.75 Å². The zero-order chi connectivity index (χ0) is 14.5. The molecule has 0 aliphatic carbocycles. The van der Waals surface area contributed by atoms with Gasteiger partial charge in [0.25, 0.3) is 0 Å². The molecule has 2 aromatic carbocycles. The third kappa shape index (κ3) is 3.27. The first-order valence-corrected chi connectivity index (χ1v) is 6.44. The van der Waals surface area contributed by atoms with Crippen LogP contribution in [-0.4, -0.2) is 12.2 Å². The number of rotatable bonds is 5. The minimum Gasteiger partial charge on any atom is -0.497 e. The number of ether oxygens (including phenoxy) is 1. The van der Waals surface area contributed by atoms with Crippen LogP contribution < -0.4 is 10.1 Å². The van der Waals surface area contributed by atoms with Crippen molar-refractivity contribution in [1.82, 2.24) is 0 Å². The van der Waals surface area contributed by atoms with Gasteiger partial charge >= 0.3 is 0 Å². The number of benzene rings is 2. The van der Waals surface area contributed by atoms with Gasteiger partial charge in [0.05, 0.1) is 19.8 Å². The molecule has 0 aromatic heterocycles. The summed E-state index contributed by atoms with van der Waals surface area (Å²) < 4.78 is 19.0. The van der Waals surface area contributed by atoms with Crippen molar-refractivity contribution < 1.29 is 14.2 Å². The highest BCUT2D eigenvalue weighted by Crippen LogP contribution is 2.25. The zero-order valence-corrected chi connectivity index (χ0v) is 11.6. The van der Waals surface area contributed by atoms with Crippen LogP contribution in [0.2, 0.25) is 0 Å². The number of methoxy groups -OCH3 is 1. The lowest BCUT2D eigenvalue weighted by Gasteiger charge is -2.17. The molecule has 0 spiro atoms. The molecule has 0 heterocycles. The minimum atomic E-state index is -0.303. The maximum absolute atomic E-state index is 14.0. The van der Waals surface area contributed by atoms with Crippen molar-refractivity contribution in [3.8, 4) is 5.75 Å². The lowest BCUT2D eigenvalue weighted by atomic mass is 10.1. The van der Waals surface area contributed by atoms with Crippen molar-refractivity contribution in [3.05, 3.63) is 59.4 Å². The third-order valence-electron chi connectivity index (χ3n) is 3.17. The number of aliphatic hydroxyl groups is 1. The van der Waals surface area contributed by atoms with E-state index in [-0.39, 0.29) is 18.5 Å². The Hall–Kier alpha value is -2.07. The summed E-state index contributed by atoms with van der Waals surface area (Å²) in [5.74, 6) is 0.198. The first-order valence-electron chi connectivity index (χ1n) is 6.44. The first-order chi connectivity index (χ1) is 9.63. The summed E-state index contributed by atoms with van der Waals surface area (Å²) in [6.07, 6.45) is 0. The molecule has 0 fully saturated rings. The number of halogens is 1. The van der Waals surface area contributed by atoms with Crippen LogP contribution in [0.4, 0.5) is 10.1 Å². The molecular weight excluding hydrogens is 257 g/mol. The second-order valence-corrected chi connectivity index (χ2v) is 4.61. The van der Waals surface area contributed by atoms with E-state index in [1.54, 1.807) is 12.1 Å². The normalized spacial score (nSPS) is 12.0. The van der Waals surface area contributed by atoms with Crippen LogP contribution in [0.25, 0.3) is 0 Å². The van der Waals surface area contributed by atoms with Crippen molar-refractivity contribution in [3.63, 3.8) is 0 Å². The summed E-state index contributed by atoms with van der Waals surface area (Å²) in [5.41, 5.74) is 2.23. The van der Waals surface area contributed by atoms with Gasteiger partial charge in [0.15, 0.2) is 0 Å². The standard InChI is InChI=1S/C16H18FNO2/c1-11(15-7-6-14(20-2)9-16(15)17)18-13-5-3-4-12(8-13)10-19/h3-9,11,18-19H,10H2,1-2H3. The summed E-state index contributed by atoms with van der Waals surface area (Å²) in [6.45, 7) is 1.87. The lowest BCUT2D eigenvalue weighted by Crippen LogP contribution is -2.09. The van der Waals surface area contributed by atoms with Gasteiger partial charge in [0.1, 0.15) is 11.6 Å². The Morgan fingerprint density at radius 1 is 1.25 bits per heavy atom. The number of hydrogen-bond donors (Lipinski definition) is 2. The Labute approximate surface area is 118 Å². The topological polar surface area (TPSA) is 41.5 Å². The summed E-state index contributed by atoms with van der Waals surface area (Å²) in [5, 5.41) is 12.3. The van der Waals surface area contributed by atoms with E-state index in [1.165, 1.54) is 13.2 Å². The van der Waals surface area contributed by atoms with E-state index in [2.05, 4.69) is 5.32 Å². The molecule has 0 amide bonds. The summed E-state index contributed by atoms with van der Waals surface area (Å²) in [6, 6.07) is 12.1. The maximum atomic E-state index is 14.0. The van der Waals surface area contributed by atoms with Crippen LogP contribution in [-0.2, 0) is 6.61 Å². The fourth-order valence-corrected chi connectivity index (χ4v) is 2.07. The quantitative estimate of drug-likeness (QED) is 0.877. The Bertz CT molecular complexity index is 586. The Balaban J connectivity index is 2.16. The molecule has 0 radical (unpaired) electrons. The van der Waals surface area contributed by atoms with Crippen LogP contribution >= 0.6 is 0 Å². The van der Waals surface area contributed by atoms with Crippen molar-refractivity contribution in [2.45, 2.75) is 19.6 Å². The summed E-state index contributed by atoms with van der Waals surface area (Å²) >= 11 is 0. The number of nitrogens with one attached hydrogen (secondary N) is 1. The predicted octanol–water partition coefficient (Wildman–Crippen LogP) is 3.50. The van der Waals surface area contributed by atoms with E-state index in [0.717, 1.165) is 11.3 Å². The van der Waals surface area contributed by atoms with E-state index < -0.39 is 0 Å². The molecule has 0 aliphatic heterocycles. The van der Waals surface area contributed by atoms with Gasteiger partial charge in [-0.2, -0.15) is 0 Å². The molecule has 20 heavy (non-hydrogen) atoms.